The van der Waals surface area contributed by atoms with Crippen LogP contribution in [0.5, 0.6) is 0 Å². The van der Waals surface area contributed by atoms with Crippen molar-refractivity contribution in [1.29, 1.82) is 0 Å². The molecule has 86 valence electrons. The molecule has 1 atom stereocenters. The molecule has 4 nitrogen and oxygen atoms in total. The first-order chi connectivity index (χ1) is 6.45. The molecular weight excluding hydrogens is 182 g/mol. The second kappa shape index (κ2) is 7.17. The van der Waals surface area contributed by atoms with E-state index in [0.29, 0.717) is 32.8 Å². The van der Waals surface area contributed by atoms with E-state index in [1.54, 1.807) is 0 Å². The molecule has 0 saturated heterocycles. The van der Waals surface area contributed by atoms with Crippen LogP contribution in [0.4, 0.5) is 0 Å². The molecule has 0 saturated carbocycles. The normalized spacial score (nSPS) is 14.4. The molecule has 0 radical (unpaired) electrons. The first-order valence-corrected chi connectivity index (χ1v) is 5.05. The molecule has 14 heavy (non-hydrogen) atoms. The zero-order chi connectivity index (χ0) is 11.0. The lowest BCUT2D eigenvalue weighted by molar-refractivity contribution is -0.0378. The Hall–Kier alpha value is -0.160. The Morgan fingerprint density at radius 3 is 2.36 bits per heavy atom. The quantitative estimate of drug-likeness (QED) is 0.595. The summed E-state index contributed by atoms with van der Waals surface area (Å²) < 4.78 is 10.7. The van der Waals surface area contributed by atoms with E-state index >= 15 is 0 Å². The lowest BCUT2D eigenvalue weighted by Crippen LogP contribution is -2.23. The lowest BCUT2D eigenvalue weighted by atomic mass is 10.2. The molecule has 0 aromatic carbocycles. The van der Waals surface area contributed by atoms with Crippen LogP contribution in [0.1, 0.15) is 27.2 Å². The molecule has 4 heteroatoms. The van der Waals surface area contributed by atoms with Crippen LogP contribution in [0.15, 0.2) is 0 Å². The Morgan fingerprint density at radius 2 is 1.86 bits per heavy atom. The predicted molar refractivity (Wildman–Crippen MR) is 56.2 cm³/mol. The number of hydrogen-bond donors (Lipinski definition) is 2. The molecule has 0 heterocycles. The van der Waals surface area contributed by atoms with Crippen LogP contribution < -0.4 is 5.73 Å². The summed E-state index contributed by atoms with van der Waals surface area (Å²) >= 11 is 0. The van der Waals surface area contributed by atoms with Gasteiger partial charge in [-0.3, -0.25) is 0 Å². The van der Waals surface area contributed by atoms with Crippen LogP contribution in [0.3, 0.4) is 0 Å². The van der Waals surface area contributed by atoms with Gasteiger partial charge in [0.05, 0.1) is 24.9 Å². The fraction of sp³-hybridized carbons (Fsp3) is 1.00. The SMILES string of the molecule is CC(C)(C)OCCOCCC(O)CN. The van der Waals surface area contributed by atoms with Gasteiger partial charge in [0.25, 0.3) is 0 Å². The second-order valence-electron chi connectivity index (χ2n) is 4.25. The van der Waals surface area contributed by atoms with Crippen molar-refractivity contribution in [3.05, 3.63) is 0 Å². The number of aliphatic hydroxyl groups is 1. The van der Waals surface area contributed by atoms with Crippen LogP contribution >= 0.6 is 0 Å². The van der Waals surface area contributed by atoms with Crippen molar-refractivity contribution in [2.45, 2.75) is 38.9 Å². The standard InChI is InChI=1S/C10H23NO3/c1-10(2,3)14-7-6-13-5-4-9(12)8-11/h9,12H,4-8,11H2,1-3H3. The molecule has 0 aliphatic heterocycles. The monoisotopic (exact) mass is 205 g/mol. The zero-order valence-electron chi connectivity index (χ0n) is 9.45. The largest absolute Gasteiger partial charge is 0.392 e. The van der Waals surface area contributed by atoms with E-state index in [0.717, 1.165) is 0 Å². The van der Waals surface area contributed by atoms with E-state index < -0.39 is 6.10 Å². The van der Waals surface area contributed by atoms with Crippen molar-refractivity contribution in [1.82, 2.24) is 0 Å². The van der Waals surface area contributed by atoms with E-state index in [9.17, 15) is 0 Å². The van der Waals surface area contributed by atoms with Gasteiger partial charge in [-0.05, 0) is 27.2 Å². The summed E-state index contributed by atoms with van der Waals surface area (Å²) in [5.41, 5.74) is 5.13. The summed E-state index contributed by atoms with van der Waals surface area (Å²) in [5.74, 6) is 0. The third kappa shape index (κ3) is 9.92. The van der Waals surface area contributed by atoms with Gasteiger partial charge in [0, 0.05) is 13.2 Å². The first-order valence-electron chi connectivity index (χ1n) is 5.05. The highest BCUT2D eigenvalue weighted by Gasteiger charge is 2.08. The Labute approximate surface area is 86.4 Å². The molecule has 0 fully saturated rings. The molecule has 3 N–H and O–H groups in total. The van der Waals surface area contributed by atoms with Crippen LogP contribution in [0.25, 0.3) is 0 Å². The number of hydrogen-bond acceptors (Lipinski definition) is 4. The van der Waals surface area contributed by atoms with Crippen molar-refractivity contribution in [2.75, 3.05) is 26.4 Å². The van der Waals surface area contributed by atoms with E-state index in [1.165, 1.54) is 0 Å². The van der Waals surface area contributed by atoms with E-state index in [-0.39, 0.29) is 5.60 Å². The maximum absolute atomic E-state index is 9.11. The number of aliphatic hydroxyl groups excluding tert-OH is 1. The topological polar surface area (TPSA) is 64.7 Å². The Balaban J connectivity index is 3.14. The highest BCUT2D eigenvalue weighted by atomic mass is 16.5. The Kier molecular flexibility index (Phi) is 7.09. The highest BCUT2D eigenvalue weighted by molar-refractivity contribution is 4.58. The van der Waals surface area contributed by atoms with Crippen LogP contribution in [0.2, 0.25) is 0 Å². The van der Waals surface area contributed by atoms with Crippen LogP contribution in [0, 0.1) is 0 Å². The fourth-order valence-electron chi connectivity index (χ4n) is 0.846. The third-order valence-electron chi connectivity index (χ3n) is 1.63. The van der Waals surface area contributed by atoms with Gasteiger partial charge < -0.3 is 20.3 Å². The maximum Gasteiger partial charge on any atom is 0.0707 e. The maximum atomic E-state index is 9.11. The minimum absolute atomic E-state index is 0.111. The van der Waals surface area contributed by atoms with Crippen molar-refractivity contribution in [3.63, 3.8) is 0 Å². The van der Waals surface area contributed by atoms with Crippen molar-refractivity contribution < 1.29 is 14.6 Å². The first kappa shape index (κ1) is 13.8. The minimum atomic E-state index is -0.446. The summed E-state index contributed by atoms with van der Waals surface area (Å²) in [6.07, 6.45) is 0.144. The average molecular weight is 205 g/mol. The fourth-order valence-corrected chi connectivity index (χ4v) is 0.846. The van der Waals surface area contributed by atoms with Gasteiger partial charge in [0.2, 0.25) is 0 Å². The molecular formula is C10H23NO3. The molecule has 0 spiro atoms. The van der Waals surface area contributed by atoms with E-state index in [4.69, 9.17) is 20.3 Å². The minimum Gasteiger partial charge on any atom is -0.392 e. The van der Waals surface area contributed by atoms with Crippen LogP contribution in [-0.4, -0.2) is 43.2 Å². The zero-order valence-corrected chi connectivity index (χ0v) is 9.45. The second-order valence-corrected chi connectivity index (χ2v) is 4.25. The summed E-state index contributed by atoms with van der Waals surface area (Å²) in [4.78, 5) is 0. The number of nitrogens with two attached hydrogens (primary N) is 1. The Morgan fingerprint density at radius 1 is 1.21 bits per heavy atom. The van der Waals surface area contributed by atoms with Gasteiger partial charge in [-0.15, -0.1) is 0 Å². The van der Waals surface area contributed by atoms with Gasteiger partial charge in [-0.25, -0.2) is 0 Å². The summed E-state index contributed by atoms with van der Waals surface area (Å²) in [7, 11) is 0. The molecule has 1 unspecified atom stereocenters. The smallest absolute Gasteiger partial charge is 0.0707 e. The van der Waals surface area contributed by atoms with Crippen molar-refractivity contribution in [3.8, 4) is 0 Å². The average Bonchev–Trinajstić information content (AvgIpc) is 2.08. The molecule has 0 aromatic heterocycles. The van der Waals surface area contributed by atoms with Crippen molar-refractivity contribution in [2.24, 2.45) is 5.73 Å². The summed E-state index contributed by atoms with van der Waals surface area (Å²) in [6, 6.07) is 0. The Bertz CT molecular complexity index is 134. The van der Waals surface area contributed by atoms with E-state index in [1.807, 2.05) is 20.8 Å². The molecule has 0 bridgehead atoms. The van der Waals surface area contributed by atoms with Gasteiger partial charge in [0.15, 0.2) is 0 Å². The van der Waals surface area contributed by atoms with E-state index in [2.05, 4.69) is 0 Å². The molecule has 0 aromatic rings. The number of rotatable bonds is 7. The summed E-state index contributed by atoms with van der Waals surface area (Å²) in [6.45, 7) is 7.99. The highest BCUT2D eigenvalue weighted by Crippen LogP contribution is 2.05. The molecule has 0 rings (SSSR count). The van der Waals surface area contributed by atoms with Gasteiger partial charge in [-0.1, -0.05) is 0 Å². The third-order valence-corrected chi connectivity index (χ3v) is 1.63. The van der Waals surface area contributed by atoms with Gasteiger partial charge in [-0.2, -0.15) is 0 Å². The molecule has 0 aliphatic carbocycles. The van der Waals surface area contributed by atoms with Crippen molar-refractivity contribution >= 4 is 0 Å². The van der Waals surface area contributed by atoms with Gasteiger partial charge >= 0.3 is 0 Å². The lowest BCUT2D eigenvalue weighted by Gasteiger charge is -2.19. The predicted octanol–water partition coefficient (Wildman–Crippen LogP) is 0.528. The van der Waals surface area contributed by atoms with Gasteiger partial charge in [0.1, 0.15) is 0 Å². The van der Waals surface area contributed by atoms with Crippen LogP contribution in [-0.2, 0) is 9.47 Å². The molecule has 0 aliphatic rings. The summed E-state index contributed by atoms with van der Waals surface area (Å²) in [5, 5.41) is 9.11. The number of ether oxygens (including phenoxy) is 2. The molecule has 0 amide bonds.